The van der Waals surface area contributed by atoms with Gasteiger partial charge in [0, 0.05) is 31.0 Å². The minimum Gasteiger partial charge on any atom is -0.383 e. The second kappa shape index (κ2) is 7.57. The van der Waals surface area contributed by atoms with Gasteiger partial charge in [-0.05, 0) is 38.0 Å². The van der Waals surface area contributed by atoms with Gasteiger partial charge in [0.25, 0.3) is 5.91 Å². The van der Waals surface area contributed by atoms with Crippen molar-refractivity contribution in [1.82, 2.24) is 9.88 Å². The average Bonchev–Trinajstić information content (AvgIpc) is 2.74. The first-order chi connectivity index (χ1) is 11.4. The molecule has 0 aliphatic rings. The molecule has 0 aliphatic heterocycles. The highest BCUT2D eigenvalue weighted by Gasteiger charge is 2.21. The van der Waals surface area contributed by atoms with Crippen molar-refractivity contribution in [2.24, 2.45) is 0 Å². The molecule has 2 rings (SSSR count). The van der Waals surface area contributed by atoms with Gasteiger partial charge in [-0.1, -0.05) is 6.07 Å². The number of amides is 1. The fourth-order valence-corrected chi connectivity index (χ4v) is 2.68. The molecule has 6 heteroatoms. The monoisotopic (exact) mass is 336 g/mol. The predicted octanol–water partition coefficient (Wildman–Crippen LogP) is 3.12. The number of ether oxygens (including phenoxy) is 1. The van der Waals surface area contributed by atoms with Crippen molar-refractivity contribution in [2.75, 3.05) is 20.3 Å². The minimum atomic E-state index is -0.621. The van der Waals surface area contributed by atoms with E-state index < -0.39 is 11.6 Å². The maximum Gasteiger partial charge on any atom is 0.268 e. The van der Waals surface area contributed by atoms with Crippen molar-refractivity contribution in [1.29, 1.82) is 0 Å². The van der Waals surface area contributed by atoms with E-state index in [1.54, 1.807) is 11.7 Å². The first-order valence-corrected chi connectivity index (χ1v) is 7.74. The summed E-state index contributed by atoms with van der Waals surface area (Å²) in [4.78, 5) is 12.5. The van der Waals surface area contributed by atoms with Crippen LogP contribution in [0.1, 0.15) is 32.9 Å². The van der Waals surface area contributed by atoms with E-state index in [4.69, 9.17) is 4.74 Å². The first kappa shape index (κ1) is 18.1. The van der Waals surface area contributed by atoms with E-state index in [0.717, 1.165) is 22.9 Å². The highest BCUT2D eigenvalue weighted by Crippen LogP contribution is 2.23. The van der Waals surface area contributed by atoms with Gasteiger partial charge in [-0.25, -0.2) is 8.78 Å². The second-order valence-corrected chi connectivity index (χ2v) is 5.75. The Hall–Kier alpha value is -2.21. The highest BCUT2D eigenvalue weighted by atomic mass is 19.1. The van der Waals surface area contributed by atoms with Crippen LogP contribution in [0.4, 0.5) is 8.78 Å². The van der Waals surface area contributed by atoms with E-state index in [0.29, 0.717) is 24.4 Å². The lowest BCUT2D eigenvalue weighted by atomic mass is 10.1. The number of nitrogens with one attached hydrogen (secondary N) is 1. The quantitative estimate of drug-likeness (QED) is 0.824. The molecular weight excluding hydrogens is 314 g/mol. The number of aromatic nitrogens is 1. The summed E-state index contributed by atoms with van der Waals surface area (Å²) < 4.78 is 33.8. The molecule has 0 aliphatic carbocycles. The molecule has 0 saturated heterocycles. The zero-order valence-electron chi connectivity index (χ0n) is 14.4. The van der Waals surface area contributed by atoms with Crippen LogP contribution < -0.4 is 5.32 Å². The smallest absolute Gasteiger partial charge is 0.268 e. The Morgan fingerprint density at radius 2 is 1.92 bits per heavy atom. The average molecular weight is 336 g/mol. The highest BCUT2D eigenvalue weighted by molar-refractivity contribution is 5.95. The Labute approximate surface area is 140 Å². The Morgan fingerprint density at radius 1 is 1.21 bits per heavy atom. The van der Waals surface area contributed by atoms with Crippen LogP contribution in [-0.2, 0) is 11.3 Å². The summed E-state index contributed by atoms with van der Waals surface area (Å²) >= 11 is 0. The van der Waals surface area contributed by atoms with Crippen LogP contribution in [0, 0.1) is 32.4 Å². The van der Waals surface area contributed by atoms with E-state index in [1.807, 2.05) is 20.8 Å². The molecule has 0 saturated carbocycles. The summed E-state index contributed by atoms with van der Waals surface area (Å²) in [5.41, 5.74) is 3.54. The third-order valence-electron chi connectivity index (χ3n) is 4.29. The molecular formula is C18H22F2N2O2. The van der Waals surface area contributed by atoms with Gasteiger partial charge >= 0.3 is 0 Å². The van der Waals surface area contributed by atoms with E-state index >= 15 is 0 Å². The van der Waals surface area contributed by atoms with Crippen LogP contribution in [0.5, 0.6) is 0 Å². The number of carbonyl (C=O) groups is 1. The number of benzene rings is 1. The summed E-state index contributed by atoms with van der Waals surface area (Å²) in [6.45, 7) is 6.65. The van der Waals surface area contributed by atoms with Gasteiger partial charge in [-0.2, -0.15) is 0 Å². The fourth-order valence-electron chi connectivity index (χ4n) is 2.68. The Morgan fingerprint density at radius 3 is 2.54 bits per heavy atom. The zero-order chi connectivity index (χ0) is 17.9. The molecule has 0 fully saturated rings. The lowest BCUT2D eigenvalue weighted by molar-refractivity contribution is 0.0927. The van der Waals surface area contributed by atoms with Gasteiger partial charge in [-0.15, -0.1) is 0 Å². The predicted molar refractivity (Wildman–Crippen MR) is 88.3 cm³/mol. The third-order valence-corrected chi connectivity index (χ3v) is 4.29. The molecule has 1 aromatic carbocycles. The van der Waals surface area contributed by atoms with Gasteiger partial charge in [0.05, 0.1) is 13.2 Å². The van der Waals surface area contributed by atoms with Gasteiger partial charge in [0.2, 0.25) is 0 Å². The molecule has 1 aromatic heterocycles. The molecule has 24 heavy (non-hydrogen) atoms. The molecule has 1 heterocycles. The SMILES string of the molecule is COCCNC(=O)c1c(C)c(C)c(C)n1Cc1ccc(F)cc1F. The molecule has 0 atom stereocenters. The van der Waals surface area contributed by atoms with Crippen molar-refractivity contribution < 1.29 is 18.3 Å². The number of nitrogens with zero attached hydrogens (tertiary/aromatic N) is 1. The van der Waals surface area contributed by atoms with E-state index in [1.165, 1.54) is 12.1 Å². The molecule has 130 valence electrons. The van der Waals surface area contributed by atoms with Gasteiger partial charge in [0.1, 0.15) is 17.3 Å². The summed E-state index contributed by atoms with van der Waals surface area (Å²) in [5, 5.41) is 2.79. The number of hydrogen-bond acceptors (Lipinski definition) is 2. The van der Waals surface area contributed by atoms with E-state index in [-0.39, 0.29) is 12.5 Å². The molecule has 0 spiro atoms. The Kier molecular flexibility index (Phi) is 5.72. The maximum absolute atomic E-state index is 14.0. The summed E-state index contributed by atoms with van der Waals surface area (Å²) in [6, 6.07) is 3.48. The van der Waals surface area contributed by atoms with Crippen molar-refractivity contribution in [3.63, 3.8) is 0 Å². The maximum atomic E-state index is 14.0. The molecule has 1 amide bonds. The molecule has 0 bridgehead atoms. The lowest BCUT2D eigenvalue weighted by Crippen LogP contribution is -2.30. The van der Waals surface area contributed by atoms with E-state index in [2.05, 4.69) is 5.32 Å². The largest absolute Gasteiger partial charge is 0.383 e. The van der Waals surface area contributed by atoms with Gasteiger partial charge in [0.15, 0.2) is 0 Å². The minimum absolute atomic E-state index is 0.166. The summed E-state index contributed by atoms with van der Waals surface area (Å²) in [6.07, 6.45) is 0. The van der Waals surface area contributed by atoms with Crippen molar-refractivity contribution in [2.45, 2.75) is 27.3 Å². The van der Waals surface area contributed by atoms with Crippen molar-refractivity contribution >= 4 is 5.91 Å². The van der Waals surface area contributed by atoms with Gasteiger partial charge < -0.3 is 14.6 Å². The lowest BCUT2D eigenvalue weighted by Gasteiger charge is -2.13. The van der Waals surface area contributed by atoms with E-state index in [9.17, 15) is 13.6 Å². The van der Waals surface area contributed by atoms with Crippen LogP contribution in [0.25, 0.3) is 0 Å². The molecule has 1 N–H and O–H groups in total. The summed E-state index contributed by atoms with van der Waals surface area (Å²) in [7, 11) is 1.56. The Balaban J connectivity index is 2.38. The number of hydrogen-bond donors (Lipinski definition) is 1. The standard InChI is InChI=1S/C18H22F2N2O2/c1-11-12(2)17(18(23)21-7-8-24-4)22(13(11)3)10-14-5-6-15(19)9-16(14)20/h5-6,9H,7-8,10H2,1-4H3,(H,21,23). The topological polar surface area (TPSA) is 43.3 Å². The number of halogens is 2. The van der Waals surface area contributed by atoms with Gasteiger partial charge in [-0.3, -0.25) is 4.79 Å². The van der Waals surface area contributed by atoms with Crippen LogP contribution in [-0.4, -0.2) is 30.7 Å². The van der Waals surface area contributed by atoms with Crippen molar-refractivity contribution in [3.05, 3.63) is 57.9 Å². The van der Waals surface area contributed by atoms with Crippen LogP contribution in [0.3, 0.4) is 0 Å². The molecule has 0 unspecified atom stereocenters. The molecule has 0 radical (unpaired) electrons. The summed E-state index contributed by atoms with van der Waals surface area (Å²) in [5.74, 6) is -1.47. The zero-order valence-corrected chi connectivity index (χ0v) is 14.4. The van der Waals surface area contributed by atoms with Crippen molar-refractivity contribution in [3.8, 4) is 0 Å². The second-order valence-electron chi connectivity index (χ2n) is 5.75. The third kappa shape index (κ3) is 3.64. The van der Waals surface area contributed by atoms with Crippen LogP contribution in [0.15, 0.2) is 18.2 Å². The Bertz CT molecular complexity index is 754. The molecule has 4 nitrogen and oxygen atoms in total. The fraction of sp³-hybridized carbons (Fsp3) is 0.389. The normalized spacial score (nSPS) is 10.9. The van der Waals surface area contributed by atoms with Crippen LogP contribution in [0.2, 0.25) is 0 Å². The number of carbonyl (C=O) groups excluding carboxylic acids is 1. The van der Waals surface area contributed by atoms with Crippen LogP contribution >= 0.6 is 0 Å². The number of rotatable bonds is 6. The molecule has 2 aromatic rings. The first-order valence-electron chi connectivity index (χ1n) is 7.74. The number of methoxy groups -OCH3 is 1.